The van der Waals surface area contributed by atoms with E-state index in [0.29, 0.717) is 0 Å². The summed E-state index contributed by atoms with van der Waals surface area (Å²) in [6, 6.07) is 0. The van der Waals surface area contributed by atoms with Gasteiger partial charge in [-0.1, -0.05) is 6.92 Å². The minimum absolute atomic E-state index is 1.09. The van der Waals surface area contributed by atoms with Crippen molar-refractivity contribution in [3.63, 3.8) is 0 Å². The maximum atomic E-state index is 3.28. The first kappa shape index (κ1) is 8.96. The molecule has 0 saturated heterocycles. The third-order valence-electron chi connectivity index (χ3n) is 1.21. The zero-order valence-corrected chi connectivity index (χ0v) is 6.78. The van der Waals surface area contributed by atoms with Crippen LogP contribution in [0.2, 0.25) is 0 Å². The molecule has 0 unspecified atom stereocenters. The first-order chi connectivity index (χ1) is 4.27. The van der Waals surface area contributed by atoms with Gasteiger partial charge in [-0.15, -0.1) is 0 Å². The van der Waals surface area contributed by atoms with Gasteiger partial charge in [0.15, 0.2) is 0 Å². The number of rotatable bonds is 5. The second kappa shape index (κ2) is 6.09. The Labute approximate surface area is 59.1 Å². The molecule has 0 fully saturated rings. The molecule has 0 aromatic heterocycles. The molecular weight excluding hydrogens is 110 g/mol. The lowest BCUT2D eigenvalue weighted by Crippen LogP contribution is -2.12. The minimum atomic E-state index is 1.09. The van der Waals surface area contributed by atoms with Gasteiger partial charge in [0.2, 0.25) is 0 Å². The third kappa shape index (κ3) is 7.96. The Morgan fingerprint density at radius 2 is 2.00 bits per heavy atom. The molecule has 2 radical (unpaired) electrons. The fourth-order valence-corrected chi connectivity index (χ4v) is 0.697. The predicted octanol–water partition coefficient (Wildman–Crippen LogP) is 1.82. The van der Waals surface area contributed by atoms with Crippen LogP contribution in [-0.4, -0.2) is 25.5 Å². The van der Waals surface area contributed by atoms with Gasteiger partial charge in [-0.2, -0.15) is 0 Å². The molecule has 0 atom stereocenters. The molecule has 1 nitrogen and oxygen atoms in total. The molecule has 0 aliphatic carbocycles. The van der Waals surface area contributed by atoms with E-state index in [0.717, 1.165) is 12.8 Å². The van der Waals surface area contributed by atoms with E-state index in [-0.39, 0.29) is 0 Å². The van der Waals surface area contributed by atoms with Crippen LogP contribution in [0.4, 0.5) is 0 Å². The summed E-state index contributed by atoms with van der Waals surface area (Å²) in [5.74, 6) is 0. The zero-order valence-electron chi connectivity index (χ0n) is 6.78. The minimum Gasteiger partial charge on any atom is -0.309 e. The molecule has 0 spiro atoms. The highest BCUT2D eigenvalue weighted by Crippen LogP contribution is 1.96. The van der Waals surface area contributed by atoms with Crippen LogP contribution in [0.3, 0.4) is 0 Å². The largest absolute Gasteiger partial charge is 0.309 e. The van der Waals surface area contributed by atoms with Crippen LogP contribution in [0.1, 0.15) is 26.2 Å². The maximum absolute atomic E-state index is 3.28. The van der Waals surface area contributed by atoms with E-state index in [1.807, 2.05) is 0 Å². The fraction of sp³-hybridized carbons (Fsp3) is 0.875. The Morgan fingerprint density at radius 1 is 1.33 bits per heavy atom. The van der Waals surface area contributed by atoms with Crippen molar-refractivity contribution >= 4 is 0 Å². The van der Waals surface area contributed by atoms with Crippen molar-refractivity contribution in [2.24, 2.45) is 0 Å². The second-order valence-corrected chi connectivity index (χ2v) is 2.51. The smallest absolute Gasteiger partial charge is 0.00246 e. The van der Waals surface area contributed by atoms with Gasteiger partial charge in [0.1, 0.15) is 0 Å². The molecule has 0 bridgehead atoms. The van der Waals surface area contributed by atoms with Crippen LogP contribution in [0, 0.1) is 6.42 Å². The number of hydrogen-bond donors (Lipinski definition) is 0. The van der Waals surface area contributed by atoms with Crippen molar-refractivity contribution in [3.05, 3.63) is 6.42 Å². The average molecular weight is 127 g/mol. The number of nitrogens with zero attached hydrogens (tertiary/aromatic N) is 1. The number of unbranched alkanes of at least 4 members (excludes halogenated alkanes) is 3. The highest BCUT2D eigenvalue weighted by atomic mass is 15.0. The Balaban J connectivity index is 2.75. The lowest BCUT2D eigenvalue weighted by atomic mass is 10.2. The molecule has 1 heteroatoms. The van der Waals surface area contributed by atoms with E-state index in [9.17, 15) is 0 Å². The highest BCUT2D eigenvalue weighted by Gasteiger charge is 1.89. The molecule has 0 saturated carbocycles. The van der Waals surface area contributed by atoms with Gasteiger partial charge in [0, 0.05) is 0 Å². The molecule has 0 aliphatic rings. The Hall–Kier alpha value is -0.0400. The lowest BCUT2D eigenvalue weighted by Gasteiger charge is -2.07. The standard InChI is InChI=1S/C8H17N/c1-4-5-6-7-8-9(2)3/h4,6-8H2,1-3H3. The monoisotopic (exact) mass is 127 g/mol. The summed E-state index contributed by atoms with van der Waals surface area (Å²) >= 11 is 0. The van der Waals surface area contributed by atoms with Gasteiger partial charge in [0.05, 0.1) is 0 Å². The number of hydrogen-bond acceptors (Lipinski definition) is 1. The molecule has 0 heterocycles. The van der Waals surface area contributed by atoms with Gasteiger partial charge >= 0.3 is 0 Å². The summed E-state index contributed by atoms with van der Waals surface area (Å²) < 4.78 is 0. The first-order valence-electron chi connectivity index (χ1n) is 3.62. The van der Waals surface area contributed by atoms with E-state index < -0.39 is 0 Å². The summed E-state index contributed by atoms with van der Waals surface area (Å²) in [6.07, 6.45) is 6.77. The molecule has 0 aromatic carbocycles. The normalized spacial score (nSPS) is 10.7. The van der Waals surface area contributed by atoms with Gasteiger partial charge in [-0.05, 0) is 46.3 Å². The molecule has 9 heavy (non-hydrogen) atoms. The second-order valence-electron chi connectivity index (χ2n) is 2.51. The topological polar surface area (TPSA) is 3.24 Å². The van der Waals surface area contributed by atoms with Crippen LogP contribution in [0.15, 0.2) is 0 Å². The van der Waals surface area contributed by atoms with Crippen molar-refractivity contribution < 1.29 is 0 Å². The molecule has 0 aliphatic heterocycles. The summed E-state index contributed by atoms with van der Waals surface area (Å²) in [7, 11) is 4.21. The molecule has 0 rings (SSSR count). The summed E-state index contributed by atoms with van der Waals surface area (Å²) in [4.78, 5) is 2.21. The average Bonchev–Trinajstić information content (AvgIpc) is 1.80. The van der Waals surface area contributed by atoms with Crippen molar-refractivity contribution in [1.29, 1.82) is 0 Å². The Morgan fingerprint density at radius 3 is 2.44 bits per heavy atom. The van der Waals surface area contributed by atoms with Gasteiger partial charge in [0.25, 0.3) is 0 Å². The van der Waals surface area contributed by atoms with Crippen LogP contribution in [0.25, 0.3) is 0 Å². The Kier molecular flexibility index (Phi) is 6.06. The van der Waals surface area contributed by atoms with Crippen LogP contribution >= 0.6 is 0 Å². The molecule has 0 aromatic rings. The van der Waals surface area contributed by atoms with Crippen LogP contribution in [0.5, 0.6) is 0 Å². The predicted molar refractivity (Wildman–Crippen MR) is 41.3 cm³/mol. The fourth-order valence-electron chi connectivity index (χ4n) is 0.697. The zero-order chi connectivity index (χ0) is 7.11. The molecule has 0 N–H and O–H groups in total. The van der Waals surface area contributed by atoms with Crippen molar-refractivity contribution in [2.45, 2.75) is 26.2 Å². The molecular formula is C8H17N. The summed E-state index contributed by atoms with van der Waals surface area (Å²) in [5.41, 5.74) is 0. The van der Waals surface area contributed by atoms with E-state index in [4.69, 9.17) is 0 Å². The van der Waals surface area contributed by atoms with E-state index in [2.05, 4.69) is 32.3 Å². The van der Waals surface area contributed by atoms with Gasteiger partial charge in [-0.3, -0.25) is 0 Å². The van der Waals surface area contributed by atoms with Crippen molar-refractivity contribution in [3.8, 4) is 0 Å². The van der Waals surface area contributed by atoms with Gasteiger partial charge in [-0.25, -0.2) is 0 Å². The first-order valence-corrected chi connectivity index (χ1v) is 3.62. The summed E-state index contributed by atoms with van der Waals surface area (Å²) in [5, 5.41) is 0. The Bertz CT molecular complexity index is 50.5. The quantitative estimate of drug-likeness (QED) is 0.509. The SMILES string of the molecule is CC[C]CCCN(C)C. The van der Waals surface area contributed by atoms with E-state index >= 15 is 0 Å². The van der Waals surface area contributed by atoms with Crippen molar-refractivity contribution in [2.75, 3.05) is 20.6 Å². The summed E-state index contributed by atoms with van der Waals surface area (Å²) in [6.45, 7) is 3.32. The van der Waals surface area contributed by atoms with Crippen molar-refractivity contribution in [1.82, 2.24) is 4.90 Å². The molecule has 0 amide bonds. The lowest BCUT2D eigenvalue weighted by molar-refractivity contribution is 0.399. The highest BCUT2D eigenvalue weighted by molar-refractivity contribution is 4.61. The van der Waals surface area contributed by atoms with Crippen LogP contribution in [-0.2, 0) is 0 Å². The van der Waals surface area contributed by atoms with Crippen LogP contribution < -0.4 is 0 Å². The molecule has 54 valence electrons. The van der Waals surface area contributed by atoms with E-state index in [1.165, 1.54) is 13.0 Å². The van der Waals surface area contributed by atoms with E-state index in [1.54, 1.807) is 0 Å². The maximum Gasteiger partial charge on any atom is -0.00246 e. The third-order valence-corrected chi connectivity index (χ3v) is 1.21. The van der Waals surface area contributed by atoms with Gasteiger partial charge < -0.3 is 4.90 Å².